The predicted octanol–water partition coefficient (Wildman–Crippen LogP) is 1.92. The van der Waals surface area contributed by atoms with Crippen LogP contribution < -0.4 is 4.72 Å². The van der Waals surface area contributed by atoms with Gasteiger partial charge in [-0.1, -0.05) is 18.9 Å². The van der Waals surface area contributed by atoms with Crippen molar-refractivity contribution in [3.05, 3.63) is 17.5 Å². The molecule has 1 fully saturated rings. The normalized spacial score (nSPS) is 24.2. The van der Waals surface area contributed by atoms with Gasteiger partial charge in [0.2, 0.25) is 10.0 Å². The van der Waals surface area contributed by atoms with Crippen LogP contribution in [-0.2, 0) is 14.8 Å². The molecule has 2 N–H and O–H groups in total. The lowest BCUT2D eigenvalue weighted by molar-refractivity contribution is -0.144. The summed E-state index contributed by atoms with van der Waals surface area (Å²) >= 11 is 1.16. The zero-order chi connectivity index (χ0) is 13.9. The van der Waals surface area contributed by atoms with Gasteiger partial charge < -0.3 is 5.11 Å². The molecule has 0 amide bonds. The zero-order valence-corrected chi connectivity index (χ0v) is 12.0. The molecule has 106 valence electrons. The number of aliphatic carboxylic acids is 1. The Morgan fingerprint density at radius 1 is 1.42 bits per heavy atom. The summed E-state index contributed by atoms with van der Waals surface area (Å²) in [6, 6.07) is 3.22. The van der Waals surface area contributed by atoms with Crippen molar-refractivity contribution in [3.8, 4) is 0 Å². The molecule has 1 aliphatic carbocycles. The van der Waals surface area contributed by atoms with Crippen molar-refractivity contribution in [3.63, 3.8) is 0 Å². The summed E-state index contributed by atoms with van der Waals surface area (Å²) in [6.45, 7) is 0.206. The molecule has 1 aromatic heterocycles. The van der Waals surface area contributed by atoms with Gasteiger partial charge in [0.05, 0.1) is 5.92 Å². The first-order chi connectivity index (χ1) is 9.00. The predicted molar refractivity (Wildman–Crippen MR) is 72.6 cm³/mol. The van der Waals surface area contributed by atoms with Gasteiger partial charge in [-0.3, -0.25) is 4.79 Å². The Bertz CT molecular complexity index is 524. The van der Waals surface area contributed by atoms with Gasteiger partial charge in [-0.2, -0.15) is 0 Å². The smallest absolute Gasteiger partial charge is 0.306 e. The minimum absolute atomic E-state index is 0.110. The first kappa shape index (κ1) is 14.5. The van der Waals surface area contributed by atoms with E-state index in [0.717, 1.165) is 30.6 Å². The van der Waals surface area contributed by atoms with Crippen LogP contribution in [0, 0.1) is 11.8 Å². The highest BCUT2D eigenvalue weighted by Gasteiger charge is 2.31. The monoisotopic (exact) mass is 303 g/mol. The number of hydrogen-bond acceptors (Lipinski definition) is 4. The number of rotatable bonds is 5. The molecule has 0 radical (unpaired) electrons. The zero-order valence-electron chi connectivity index (χ0n) is 10.4. The molecular formula is C12H17NO4S2. The van der Waals surface area contributed by atoms with Crippen molar-refractivity contribution in [2.75, 3.05) is 6.54 Å². The Labute approximate surface area is 116 Å². The average Bonchev–Trinajstić information content (AvgIpc) is 2.91. The molecule has 5 nitrogen and oxygen atoms in total. The van der Waals surface area contributed by atoms with Crippen LogP contribution >= 0.6 is 11.3 Å². The van der Waals surface area contributed by atoms with Crippen molar-refractivity contribution in [1.82, 2.24) is 4.72 Å². The second-order valence-electron chi connectivity index (χ2n) is 4.77. The maximum atomic E-state index is 12.0. The molecule has 1 aromatic rings. The second-order valence-corrected chi connectivity index (χ2v) is 7.71. The highest BCUT2D eigenvalue weighted by Crippen LogP contribution is 2.30. The number of nitrogens with one attached hydrogen (secondary N) is 1. The van der Waals surface area contributed by atoms with Crippen LogP contribution in [0.5, 0.6) is 0 Å². The van der Waals surface area contributed by atoms with Crippen LogP contribution in [-0.4, -0.2) is 26.0 Å². The highest BCUT2D eigenvalue weighted by molar-refractivity contribution is 7.91. The quantitative estimate of drug-likeness (QED) is 0.870. The number of thiophene rings is 1. The van der Waals surface area contributed by atoms with Crippen LogP contribution in [0.15, 0.2) is 21.7 Å². The summed E-state index contributed by atoms with van der Waals surface area (Å²) in [6.07, 6.45) is 3.28. The van der Waals surface area contributed by atoms with E-state index in [4.69, 9.17) is 5.11 Å². The first-order valence-corrected chi connectivity index (χ1v) is 8.63. The Hall–Kier alpha value is -0.920. The summed E-state index contributed by atoms with van der Waals surface area (Å²) in [4.78, 5) is 11.1. The number of carboxylic acid groups (broad SMARTS) is 1. The molecule has 0 spiro atoms. The molecule has 0 saturated heterocycles. The number of sulfonamides is 1. The minimum atomic E-state index is -3.49. The number of hydrogen-bond donors (Lipinski definition) is 2. The van der Waals surface area contributed by atoms with E-state index in [1.165, 1.54) is 0 Å². The topological polar surface area (TPSA) is 83.5 Å². The molecule has 0 bridgehead atoms. The molecule has 2 atom stereocenters. The van der Waals surface area contributed by atoms with Crippen LogP contribution in [0.25, 0.3) is 0 Å². The number of carbonyl (C=O) groups is 1. The fourth-order valence-electron chi connectivity index (χ4n) is 2.48. The van der Waals surface area contributed by atoms with Crippen LogP contribution in [0.4, 0.5) is 0 Å². The molecule has 0 aliphatic heterocycles. The van der Waals surface area contributed by atoms with Gasteiger partial charge in [-0.25, -0.2) is 13.1 Å². The average molecular weight is 303 g/mol. The van der Waals surface area contributed by atoms with Gasteiger partial charge in [-0.05, 0) is 30.2 Å². The number of carboxylic acids is 1. The molecule has 0 aromatic carbocycles. The third-order valence-corrected chi connectivity index (χ3v) is 6.34. The fourth-order valence-corrected chi connectivity index (χ4v) is 4.61. The Morgan fingerprint density at radius 2 is 2.16 bits per heavy atom. The van der Waals surface area contributed by atoms with Gasteiger partial charge in [0.15, 0.2) is 0 Å². The highest BCUT2D eigenvalue weighted by atomic mass is 32.2. The molecule has 1 aliphatic rings. The van der Waals surface area contributed by atoms with Crippen molar-refractivity contribution in [2.24, 2.45) is 11.8 Å². The van der Waals surface area contributed by atoms with Crippen molar-refractivity contribution >= 4 is 27.3 Å². The van der Waals surface area contributed by atoms with E-state index in [1.54, 1.807) is 17.5 Å². The maximum absolute atomic E-state index is 12.0. The first-order valence-electron chi connectivity index (χ1n) is 6.26. The summed E-state index contributed by atoms with van der Waals surface area (Å²) in [5.41, 5.74) is 0. The summed E-state index contributed by atoms with van der Waals surface area (Å²) in [5, 5.41) is 10.9. The lowest BCUT2D eigenvalue weighted by atomic mass is 9.79. The summed E-state index contributed by atoms with van der Waals surface area (Å²) in [7, 11) is -3.49. The molecule has 1 saturated carbocycles. The molecular weight excluding hydrogens is 286 g/mol. The maximum Gasteiger partial charge on any atom is 0.306 e. The van der Waals surface area contributed by atoms with E-state index in [2.05, 4.69) is 4.72 Å². The molecule has 2 rings (SSSR count). The molecule has 1 heterocycles. The lowest BCUT2D eigenvalue weighted by Crippen LogP contribution is -2.37. The van der Waals surface area contributed by atoms with Crippen LogP contribution in [0.2, 0.25) is 0 Å². The summed E-state index contributed by atoms with van der Waals surface area (Å²) in [5.74, 6) is -1.36. The van der Waals surface area contributed by atoms with Crippen LogP contribution in [0.1, 0.15) is 25.7 Å². The largest absolute Gasteiger partial charge is 0.481 e. The Morgan fingerprint density at radius 3 is 2.79 bits per heavy atom. The standard InChI is InChI=1S/C12H17NO4S2/c14-12(15)10-5-2-1-4-9(10)8-13-19(16,17)11-6-3-7-18-11/h3,6-7,9-10,13H,1-2,4-5,8H2,(H,14,15). The van der Waals surface area contributed by atoms with Crippen molar-refractivity contribution in [2.45, 2.75) is 29.9 Å². The van der Waals surface area contributed by atoms with E-state index in [1.807, 2.05) is 0 Å². The fraction of sp³-hybridized carbons (Fsp3) is 0.583. The SMILES string of the molecule is O=C(O)C1CCCCC1CNS(=O)(=O)c1cccs1. The molecule has 2 unspecified atom stereocenters. The van der Waals surface area contributed by atoms with E-state index < -0.39 is 21.9 Å². The third kappa shape index (κ3) is 3.55. The summed E-state index contributed by atoms with van der Waals surface area (Å²) < 4.78 is 26.7. The van der Waals surface area contributed by atoms with Crippen molar-refractivity contribution < 1.29 is 18.3 Å². The van der Waals surface area contributed by atoms with E-state index in [9.17, 15) is 13.2 Å². The van der Waals surface area contributed by atoms with E-state index >= 15 is 0 Å². The Balaban J connectivity index is 1.99. The lowest BCUT2D eigenvalue weighted by Gasteiger charge is -2.28. The van der Waals surface area contributed by atoms with Gasteiger partial charge >= 0.3 is 5.97 Å². The van der Waals surface area contributed by atoms with Crippen LogP contribution in [0.3, 0.4) is 0 Å². The van der Waals surface area contributed by atoms with Gasteiger partial charge in [0.25, 0.3) is 0 Å². The van der Waals surface area contributed by atoms with Gasteiger partial charge in [0.1, 0.15) is 4.21 Å². The Kier molecular flexibility index (Phi) is 4.59. The molecule has 7 heteroatoms. The van der Waals surface area contributed by atoms with Gasteiger partial charge in [0, 0.05) is 6.54 Å². The van der Waals surface area contributed by atoms with E-state index in [-0.39, 0.29) is 16.7 Å². The molecule has 19 heavy (non-hydrogen) atoms. The third-order valence-electron chi connectivity index (χ3n) is 3.52. The van der Waals surface area contributed by atoms with Crippen molar-refractivity contribution in [1.29, 1.82) is 0 Å². The van der Waals surface area contributed by atoms with Gasteiger partial charge in [-0.15, -0.1) is 11.3 Å². The van der Waals surface area contributed by atoms with E-state index in [0.29, 0.717) is 6.42 Å². The second kappa shape index (κ2) is 6.02. The minimum Gasteiger partial charge on any atom is -0.481 e.